The number of urea groups is 1. The van der Waals surface area contributed by atoms with Crippen molar-refractivity contribution in [3.8, 4) is 0 Å². The Balaban J connectivity index is 1.92. The molecule has 2 aromatic rings. The molecule has 0 saturated heterocycles. The molecule has 3 rings (SSSR count). The zero-order valence-electron chi connectivity index (χ0n) is 15.5. The molecule has 0 bridgehead atoms. The van der Waals surface area contributed by atoms with Gasteiger partial charge < -0.3 is 20.1 Å². The van der Waals surface area contributed by atoms with Crippen LogP contribution < -0.4 is 10.6 Å². The number of nitrogens with zero attached hydrogens (tertiary/aromatic N) is 1. The average Bonchev–Trinajstić information content (AvgIpc) is 2.72. The van der Waals surface area contributed by atoms with Crippen molar-refractivity contribution >= 4 is 29.6 Å². The summed E-state index contributed by atoms with van der Waals surface area (Å²) in [6, 6.07) is 8.37. The highest BCUT2D eigenvalue weighted by Crippen LogP contribution is 2.29. The lowest BCUT2D eigenvalue weighted by atomic mass is 9.95. The molecule has 9 heteroatoms. The topological polar surface area (TPSA) is 107 Å². The van der Waals surface area contributed by atoms with Gasteiger partial charge in [-0.2, -0.15) is 0 Å². The molecule has 0 radical (unpaired) electrons. The number of carbonyl (C=O) groups excluding carboxylic acids is 3. The molecule has 0 saturated carbocycles. The monoisotopic (exact) mass is 415 g/mol. The van der Waals surface area contributed by atoms with E-state index < -0.39 is 24.0 Å². The molecule has 1 aromatic carbocycles. The molecule has 1 aliphatic heterocycles. The molecular formula is C20H18ClN3O5. The van der Waals surface area contributed by atoms with Gasteiger partial charge in [-0.15, -0.1) is 0 Å². The van der Waals surface area contributed by atoms with Crippen molar-refractivity contribution in [3.05, 3.63) is 76.2 Å². The van der Waals surface area contributed by atoms with E-state index in [0.29, 0.717) is 16.1 Å². The third-order valence-electron chi connectivity index (χ3n) is 4.12. The summed E-state index contributed by atoms with van der Waals surface area (Å²) in [5.74, 6) is -1.24. The highest BCUT2D eigenvalue weighted by atomic mass is 35.5. The Morgan fingerprint density at radius 1 is 1.07 bits per heavy atom. The van der Waals surface area contributed by atoms with Crippen LogP contribution in [-0.4, -0.2) is 36.2 Å². The SMILES string of the molecule is CCOC(=O)C1=C(COC(=O)c2ccncc2)NC(=O)NC1c1ccc(Cl)cc1. The van der Waals surface area contributed by atoms with E-state index >= 15 is 0 Å². The van der Waals surface area contributed by atoms with E-state index in [1.54, 1.807) is 31.2 Å². The smallest absolute Gasteiger partial charge is 0.338 e. The highest BCUT2D eigenvalue weighted by Gasteiger charge is 2.34. The van der Waals surface area contributed by atoms with Crippen LogP contribution in [0.25, 0.3) is 0 Å². The molecule has 2 heterocycles. The van der Waals surface area contributed by atoms with E-state index in [0.717, 1.165) is 0 Å². The fraction of sp³-hybridized carbons (Fsp3) is 0.200. The molecule has 1 aliphatic rings. The van der Waals surface area contributed by atoms with Crippen molar-refractivity contribution in [2.24, 2.45) is 0 Å². The number of halogens is 1. The van der Waals surface area contributed by atoms with Gasteiger partial charge in [0, 0.05) is 17.4 Å². The number of aromatic nitrogens is 1. The van der Waals surface area contributed by atoms with Gasteiger partial charge >= 0.3 is 18.0 Å². The molecular weight excluding hydrogens is 398 g/mol. The van der Waals surface area contributed by atoms with Crippen molar-refractivity contribution in [2.75, 3.05) is 13.2 Å². The lowest BCUT2D eigenvalue weighted by molar-refractivity contribution is -0.139. The average molecular weight is 416 g/mol. The number of hydrogen-bond donors (Lipinski definition) is 2. The lowest BCUT2D eigenvalue weighted by Gasteiger charge is -2.29. The van der Waals surface area contributed by atoms with Crippen LogP contribution >= 0.6 is 11.6 Å². The molecule has 8 nitrogen and oxygen atoms in total. The summed E-state index contributed by atoms with van der Waals surface area (Å²) in [6.07, 6.45) is 2.92. The maximum Gasteiger partial charge on any atom is 0.338 e. The second-order valence-electron chi connectivity index (χ2n) is 6.01. The van der Waals surface area contributed by atoms with Crippen LogP contribution in [0.3, 0.4) is 0 Å². The standard InChI is InChI=1S/C20H18ClN3O5/c1-2-28-19(26)16-15(11-29-18(25)13-7-9-22-10-8-13)23-20(27)24-17(16)12-3-5-14(21)6-4-12/h3-10,17H,2,11H2,1H3,(H2,23,24,27). The zero-order valence-corrected chi connectivity index (χ0v) is 16.2. The fourth-order valence-electron chi connectivity index (χ4n) is 2.80. The van der Waals surface area contributed by atoms with Crippen LogP contribution in [0.5, 0.6) is 0 Å². The van der Waals surface area contributed by atoms with Crippen LogP contribution in [0.4, 0.5) is 4.79 Å². The summed E-state index contributed by atoms with van der Waals surface area (Å²) in [6.45, 7) is 1.51. The van der Waals surface area contributed by atoms with Crippen LogP contribution in [0, 0.1) is 0 Å². The second-order valence-corrected chi connectivity index (χ2v) is 6.44. The summed E-state index contributed by atoms with van der Waals surface area (Å²) in [4.78, 5) is 40.9. The van der Waals surface area contributed by atoms with Gasteiger partial charge in [-0.25, -0.2) is 14.4 Å². The number of nitrogens with one attached hydrogen (secondary N) is 2. The predicted octanol–water partition coefficient (Wildman–Crippen LogP) is 2.76. The first kappa shape index (κ1) is 20.3. The number of benzene rings is 1. The number of hydrogen-bond acceptors (Lipinski definition) is 6. The Labute approximate surface area is 171 Å². The molecule has 0 aliphatic carbocycles. The van der Waals surface area contributed by atoms with E-state index in [-0.39, 0.29) is 24.5 Å². The number of carbonyl (C=O) groups is 3. The van der Waals surface area contributed by atoms with Crippen molar-refractivity contribution in [1.29, 1.82) is 0 Å². The molecule has 150 valence electrons. The summed E-state index contributed by atoms with van der Waals surface area (Å²) in [5, 5.41) is 5.74. The summed E-state index contributed by atoms with van der Waals surface area (Å²) in [5.41, 5.74) is 1.23. The molecule has 2 amide bonds. The van der Waals surface area contributed by atoms with Gasteiger partial charge in [0.15, 0.2) is 0 Å². The zero-order chi connectivity index (χ0) is 20.8. The number of rotatable bonds is 6. The molecule has 2 N–H and O–H groups in total. The molecule has 1 aromatic heterocycles. The minimum absolute atomic E-state index is 0.147. The minimum Gasteiger partial charge on any atom is -0.463 e. The van der Waals surface area contributed by atoms with Gasteiger partial charge in [0.1, 0.15) is 6.61 Å². The van der Waals surface area contributed by atoms with E-state index in [1.165, 1.54) is 24.5 Å². The lowest BCUT2D eigenvalue weighted by Crippen LogP contribution is -2.47. The second kappa shape index (κ2) is 9.20. The van der Waals surface area contributed by atoms with E-state index in [4.69, 9.17) is 21.1 Å². The van der Waals surface area contributed by atoms with E-state index in [9.17, 15) is 14.4 Å². The van der Waals surface area contributed by atoms with Crippen LogP contribution in [0.2, 0.25) is 5.02 Å². The maximum atomic E-state index is 12.6. The maximum absolute atomic E-state index is 12.6. The van der Waals surface area contributed by atoms with Gasteiger partial charge in [-0.1, -0.05) is 23.7 Å². The number of amides is 2. The van der Waals surface area contributed by atoms with Gasteiger partial charge in [-0.05, 0) is 36.8 Å². The Kier molecular flexibility index (Phi) is 6.46. The molecule has 1 atom stereocenters. The normalized spacial score (nSPS) is 15.9. The van der Waals surface area contributed by atoms with Crippen molar-refractivity contribution in [2.45, 2.75) is 13.0 Å². The minimum atomic E-state index is -0.783. The Morgan fingerprint density at radius 2 is 1.76 bits per heavy atom. The van der Waals surface area contributed by atoms with Crippen molar-refractivity contribution < 1.29 is 23.9 Å². The summed E-state index contributed by atoms with van der Waals surface area (Å²) < 4.78 is 10.4. The Hall–Kier alpha value is -3.39. The summed E-state index contributed by atoms with van der Waals surface area (Å²) in [7, 11) is 0. The number of pyridine rings is 1. The number of esters is 2. The first-order valence-corrected chi connectivity index (χ1v) is 9.17. The van der Waals surface area contributed by atoms with E-state index in [2.05, 4.69) is 15.6 Å². The third-order valence-corrected chi connectivity index (χ3v) is 4.37. The fourth-order valence-corrected chi connectivity index (χ4v) is 2.92. The van der Waals surface area contributed by atoms with Crippen LogP contribution in [0.1, 0.15) is 28.9 Å². The third kappa shape index (κ3) is 4.91. The predicted molar refractivity (Wildman–Crippen MR) is 104 cm³/mol. The summed E-state index contributed by atoms with van der Waals surface area (Å²) >= 11 is 5.93. The Morgan fingerprint density at radius 3 is 2.41 bits per heavy atom. The first-order valence-electron chi connectivity index (χ1n) is 8.80. The Bertz CT molecular complexity index is 944. The largest absolute Gasteiger partial charge is 0.463 e. The van der Waals surface area contributed by atoms with Gasteiger partial charge in [0.2, 0.25) is 0 Å². The highest BCUT2D eigenvalue weighted by molar-refractivity contribution is 6.30. The molecule has 1 unspecified atom stereocenters. The number of ether oxygens (including phenoxy) is 2. The van der Waals surface area contributed by atoms with Crippen LogP contribution in [-0.2, 0) is 14.3 Å². The van der Waals surface area contributed by atoms with Crippen LogP contribution in [0.15, 0.2) is 60.1 Å². The van der Waals surface area contributed by atoms with E-state index in [1.807, 2.05) is 0 Å². The molecule has 29 heavy (non-hydrogen) atoms. The van der Waals surface area contributed by atoms with Gasteiger partial charge in [0.25, 0.3) is 0 Å². The molecule has 0 fully saturated rings. The first-order chi connectivity index (χ1) is 14.0. The van der Waals surface area contributed by atoms with Crippen molar-refractivity contribution in [3.63, 3.8) is 0 Å². The van der Waals surface area contributed by atoms with Gasteiger partial charge in [-0.3, -0.25) is 4.98 Å². The van der Waals surface area contributed by atoms with Crippen molar-refractivity contribution in [1.82, 2.24) is 15.6 Å². The molecule has 0 spiro atoms. The quantitative estimate of drug-likeness (QED) is 0.702. The van der Waals surface area contributed by atoms with Gasteiger partial charge in [0.05, 0.1) is 29.5 Å².